The van der Waals surface area contributed by atoms with Gasteiger partial charge in [0.05, 0.1) is 5.69 Å². The van der Waals surface area contributed by atoms with Crippen molar-refractivity contribution in [2.24, 2.45) is 7.05 Å². The predicted molar refractivity (Wildman–Crippen MR) is 89.6 cm³/mol. The summed E-state index contributed by atoms with van der Waals surface area (Å²) >= 11 is 5.97. The van der Waals surface area contributed by atoms with Gasteiger partial charge in [0, 0.05) is 35.4 Å². The number of pyridine rings is 1. The fraction of sp³-hybridized carbons (Fsp3) is 0.176. The van der Waals surface area contributed by atoms with E-state index in [1.54, 1.807) is 18.3 Å². The van der Waals surface area contributed by atoms with Crippen molar-refractivity contribution in [3.63, 3.8) is 0 Å². The molecule has 1 aromatic carbocycles. The van der Waals surface area contributed by atoms with E-state index in [1.165, 1.54) is 11.3 Å². The van der Waals surface area contributed by atoms with Gasteiger partial charge in [0.15, 0.2) is 5.15 Å². The number of aryl methyl sites for hydroxylation is 2. The molecule has 2 aromatic heterocycles. The number of carbonyl (C=O) groups is 1. The van der Waals surface area contributed by atoms with Gasteiger partial charge in [-0.05, 0) is 49.7 Å². The molecule has 0 radical (unpaired) electrons. The van der Waals surface area contributed by atoms with Crippen molar-refractivity contribution in [3.05, 3.63) is 58.5 Å². The van der Waals surface area contributed by atoms with E-state index in [0.717, 1.165) is 10.9 Å². The maximum Gasteiger partial charge on any atom is 0.255 e. The summed E-state index contributed by atoms with van der Waals surface area (Å²) in [6.07, 6.45) is 1.58. The van der Waals surface area contributed by atoms with Crippen LogP contribution in [0.4, 0.5) is 5.69 Å². The van der Waals surface area contributed by atoms with Crippen LogP contribution in [0.3, 0.4) is 0 Å². The summed E-state index contributed by atoms with van der Waals surface area (Å²) in [4.78, 5) is 16.4. The minimum absolute atomic E-state index is 0.197. The monoisotopic (exact) mass is 313 g/mol. The first-order valence-electron chi connectivity index (χ1n) is 6.96. The second-order valence-electron chi connectivity index (χ2n) is 5.30. The third kappa shape index (κ3) is 2.35. The molecule has 3 aromatic rings. The molecule has 0 spiro atoms. The Morgan fingerprint density at radius 3 is 2.77 bits per heavy atom. The minimum atomic E-state index is -0.197. The molecule has 0 aliphatic carbocycles. The van der Waals surface area contributed by atoms with E-state index >= 15 is 0 Å². The lowest BCUT2D eigenvalue weighted by atomic mass is 10.1. The fourth-order valence-electron chi connectivity index (χ4n) is 2.57. The number of aromatic nitrogens is 2. The molecule has 0 aliphatic rings. The summed E-state index contributed by atoms with van der Waals surface area (Å²) in [6.45, 7) is 4.14. The van der Waals surface area contributed by atoms with Gasteiger partial charge < -0.3 is 9.88 Å². The van der Waals surface area contributed by atoms with Crippen molar-refractivity contribution < 1.29 is 4.79 Å². The van der Waals surface area contributed by atoms with Gasteiger partial charge in [0.25, 0.3) is 5.91 Å². The largest absolute Gasteiger partial charge is 0.348 e. The van der Waals surface area contributed by atoms with Crippen molar-refractivity contribution in [3.8, 4) is 0 Å². The Balaban J connectivity index is 1.98. The van der Waals surface area contributed by atoms with Crippen molar-refractivity contribution in [1.82, 2.24) is 9.55 Å². The highest BCUT2D eigenvalue weighted by atomic mass is 35.5. The van der Waals surface area contributed by atoms with Crippen LogP contribution in [0, 0.1) is 13.8 Å². The number of hydrogen-bond donors (Lipinski definition) is 1. The number of amides is 1. The predicted octanol–water partition coefficient (Wildman–Crippen LogP) is 4.10. The summed E-state index contributed by atoms with van der Waals surface area (Å²) in [5.74, 6) is -0.197. The Kier molecular flexibility index (Phi) is 3.62. The summed E-state index contributed by atoms with van der Waals surface area (Å²) < 4.78 is 2.13. The third-order valence-corrected chi connectivity index (χ3v) is 4.38. The van der Waals surface area contributed by atoms with Gasteiger partial charge in [0.2, 0.25) is 0 Å². The van der Waals surface area contributed by atoms with Crippen molar-refractivity contribution in [2.75, 3.05) is 5.32 Å². The Bertz CT molecular complexity index is 883. The summed E-state index contributed by atoms with van der Waals surface area (Å²) in [7, 11) is 2.03. The first kappa shape index (κ1) is 14.6. The summed E-state index contributed by atoms with van der Waals surface area (Å²) in [5, 5.41) is 4.16. The van der Waals surface area contributed by atoms with Crippen LogP contribution in [0.2, 0.25) is 5.15 Å². The lowest BCUT2D eigenvalue weighted by Gasteiger charge is -2.07. The molecule has 0 fully saturated rings. The van der Waals surface area contributed by atoms with Crippen molar-refractivity contribution in [1.29, 1.82) is 0 Å². The van der Waals surface area contributed by atoms with E-state index in [9.17, 15) is 4.79 Å². The molecule has 0 saturated carbocycles. The van der Waals surface area contributed by atoms with Crippen LogP contribution in [-0.2, 0) is 7.05 Å². The highest BCUT2D eigenvalue weighted by Gasteiger charge is 2.13. The second kappa shape index (κ2) is 5.46. The maximum absolute atomic E-state index is 12.4. The van der Waals surface area contributed by atoms with E-state index in [0.29, 0.717) is 11.3 Å². The number of hydrogen-bond acceptors (Lipinski definition) is 2. The van der Waals surface area contributed by atoms with Gasteiger partial charge in [0.1, 0.15) is 0 Å². The number of rotatable bonds is 2. The third-order valence-electron chi connectivity index (χ3n) is 4.08. The molecule has 0 aliphatic heterocycles. The molecule has 22 heavy (non-hydrogen) atoms. The molecule has 0 atom stereocenters. The zero-order valence-electron chi connectivity index (χ0n) is 12.6. The summed E-state index contributed by atoms with van der Waals surface area (Å²) in [6, 6.07) is 9.16. The standard InChI is InChI=1S/C17H16ClN3O/c1-10-11(2)21(3)15-7-6-12(9-13(10)15)17(22)20-14-5-4-8-19-16(14)18/h4-9H,1-3H3,(H,20,22). The van der Waals surface area contributed by atoms with Gasteiger partial charge in [-0.25, -0.2) is 4.98 Å². The molecule has 2 heterocycles. The number of nitrogens with one attached hydrogen (secondary N) is 1. The van der Waals surface area contributed by atoms with E-state index in [2.05, 4.69) is 28.7 Å². The molecular weight excluding hydrogens is 298 g/mol. The molecule has 1 amide bonds. The van der Waals surface area contributed by atoms with Crippen LogP contribution < -0.4 is 5.32 Å². The normalized spacial score (nSPS) is 10.9. The average molecular weight is 314 g/mol. The molecule has 0 bridgehead atoms. The van der Waals surface area contributed by atoms with E-state index in [4.69, 9.17) is 11.6 Å². The molecule has 0 unspecified atom stereocenters. The lowest BCUT2D eigenvalue weighted by Crippen LogP contribution is -2.12. The highest BCUT2D eigenvalue weighted by Crippen LogP contribution is 2.26. The molecule has 3 rings (SSSR count). The summed E-state index contributed by atoms with van der Waals surface area (Å²) in [5.41, 5.74) is 4.61. The second-order valence-corrected chi connectivity index (χ2v) is 5.66. The number of halogens is 1. The quantitative estimate of drug-likeness (QED) is 0.724. The first-order chi connectivity index (χ1) is 10.5. The molecule has 4 nitrogen and oxygen atoms in total. The van der Waals surface area contributed by atoms with Crippen LogP contribution in [0.15, 0.2) is 36.5 Å². The topological polar surface area (TPSA) is 46.9 Å². The first-order valence-corrected chi connectivity index (χ1v) is 7.34. The minimum Gasteiger partial charge on any atom is -0.348 e. The van der Waals surface area contributed by atoms with Gasteiger partial charge in [-0.1, -0.05) is 11.6 Å². The maximum atomic E-state index is 12.4. The van der Waals surface area contributed by atoms with Crippen LogP contribution in [0.1, 0.15) is 21.6 Å². The SMILES string of the molecule is Cc1c(C)n(C)c2ccc(C(=O)Nc3cccnc3Cl)cc12. The number of fused-ring (bicyclic) bond motifs is 1. The van der Waals surface area contributed by atoms with Gasteiger partial charge in [-0.15, -0.1) is 0 Å². The fourth-order valence-corrected chi connectivity index (χ4v) is 2.74. The highest BCUT2D eigenvalue weighted by molar-refractivity contribution is 6.32. The van der Waals surface area contributed by atoms with Gasteiger partial charge in [-0.3, -0.25) is 4.79 Å². The molecule has 112 valence electrons. The van der Waals surface area contributed by atoms with Crippen LogP contribution in [0.25, 0.3) is 10.9 Å². The number of benzene rings is 1. The Morgan fingerprint density at radius 2 is 2.05 bits per heavy atom. The number of nitrogens with zero attached hydrogens (tertiary/aromatic N) is 2. The lowest BCUT2D eigenvalue weighted by molar-refractivity contribution is 0.102. The Morgan fingerprint density at radius 1 is 1.27 bits per heavy atom. The van der Waals surface area contributed by atoms with Crippen molar-refractivity contribution >= 4 is 34.1 Å². The van der Waals surface area contributed by atoms with E-state index in [-0.39, 0.29) is 11.1 Å². The van der Waals surface area contributed by atoms with Gasteiger partial charge in [-0.2, -0.15) is 0 Å². The van der Waals surface area contributed by atoms with E-state index in [1.807, 2.05) is 25.2 Å². The van der Waals surface area contributed by atoms with Crippen molar-refractivity contribution in [2.45, 2.75) is 13.8 Å². The van der Waals surface area contributed by atoms with Crippen LogP contribution in [-0.4, -0.2) is 15.5 Å². The van der Waals surface area contributed by atoms with Gasteiger partial charge >= 0.3 is 0 Å². The Labute approximate surface area is 133 Å². The zero-order valence-corrected chi connectivity index (χ0v) is 13.4. The molecule has 5 heteroatoms. The zero-order chi connectivity index (χ0) is 15.9. The number of anilines is 1. The Hall–Kier alpha value is -2.33. The smallest absolute Gasteiger partial charge is 0.255 e. The van der Waals surface area contributed by atoms with Crippen LogP contribution in [0.5, 0.6) is 0 Å². The molecular formula is C17H16ClN3O. The average Bonchev–Trinajstić information content (AvgIpc) is 2.74. The van der Waals surface area contributed by atoms with E-state index < -0.39 is 0 Å². The van der Waals surface area contributed by atoms with Crippen LogP contribution >= 0.6 is 11.6 Å². The number of carbonyl (C=O) groups excluding carboxylic acids is 1. The molecule has 0 saturated heterocycles. The molecule has 1 N–H and O–H groups in total.